The average Bonchev–Trinajstić information content (AvgIpc) is 2.39. The predicted octanol–water partition coefficient (Wildman–Crippen LogP) is 0.584. The van der Waals surface area contributed by atoms with Crippen LogP contribution < -0.4 is 11.1 Å². The van der Waals surface area contributed by atoms with E-state index in [1.54, 1.807) is 12.1 Å². The van der Waals surface area contributed by atoms with Crippen molar-refractivity contribution >= 4 is 34.8 Å². The summed E-state index contributed by atoms with van der Waals surface area (Å²) in [6, 6.07) is 3.04. The van der Waals surface area contributed by atoms with Crippen LogP contribution in [0.3, 0.4) is 0 Å². The van der Waals surface area contributed by atoms with Crippen LogP contribution in [-0.2, 0) is 9.59 Å². The SMILES string of the molecule is Cc1cc(C(N)=S)cc(NC2CCC(=O)N(C)C2=O)n1. The lowest BCUT2D eigenvalue weighted by atomic mass is 10.0. The maximum absolute atomic E-state index is 12.0. The fourth-order valence-corrected chi connectivity index (χ4v) is 2.23. The summed E-state index contributed by atoms with van der Waals surface area (Å²) >= 11 is 4.95. The zero-order valence-corrected chi connectivity index (χ0v) is 12.2. The molecule has 1 fully saturated rings. The quantitative estimate of drug-likeness (QED) is 0.626. The van der Waals surface area contributed by atoms with Crippen molar-refractivity contribution in [1.29, 1.82) is 0 Å². The second kappa shape index (κ2) is 5.54. The number of anilines is 1. The summed E-state index contributed by atoms with van der Waals surface area (Å²) in [6.45, 7) is 1.82. The van der Waals surface area contributed by atoms with Crippen LogP contribution in [0.1, 0.15) is 24.1 Å². The molecule has 1 aliphatic rings. The van der Waals surface area contributed by atoms with E-state index in [2.05, 4.69) is 10.3 Å². The minimum absolute atomic E-state index is 0.158. The maximum Gasteiger partial charge on any atom is 0.251 e. The highest BCUT2D eigenvalue weighted by molar-refractivity contribution is 7.80. The molecule has 2 amide bonds. The van der Waals surface area contributed by atoms with Crippen LogP contribution in [0.15, 0.2) is 12.1 Å². The Balaban J connectivity index is 2.20. The number of nitrogens with two attached hydrogens (primary N) is 1. The number of aromatic nitrogens is 1. The van der Waals surface area contributed by atoms with Gasteiger partial charge in [-0.05, 0) is 25.5 Å². The Morgan fingerprint density at radius 2 is 2.20 bits per heavy atom. The van der Waals surface area contributed by atoms with Gasteiger partial charge in [0.05, 0.1) is 0 Å². The van der Waals surface area contributed by atoms with E-state index in [1.165, 1.54) is 7.05 Å². The summed E-state index contributed by atoms with van der Waals surface area (Å²) < 4.78 is 0. The molecular weight excluding hydrogens is 276 g/mol. The molecule has 0 spiro atoms. The molecule has 7 heteroatoms. The zero-order chi connectivity index (χ0) is 14.9. The Kier molecular flexibility index (Phi) is 3.99. The highest BCUT2D eigenvalue weighted by Gasteiger charge is 2.31. The molecule has 0 aromatic carbocycles. The first-order chi connectivity index (χ1) is 9.38. The number of piperidine rings is 1. The third-order valence-electron chi connectivity index (χ3n) is 3.21. The summed E-state index contributed by atoms with van der Waals surface area (Å²) in [7, 11) is 1.49. The van der Waals surface area contributed by atoms with Gasteiger partial charge in [-0.2, -0.15) is 0 Å². The van der Waals surface area contributed by atoms with Crippen LogP contribution in [0.25, 0.3) is 0 Å². The lowest BCUT2D eigenvalue weighted by Crippen LogP contribution is -2.48. The van der Waals surface area contributed by atoms with Gasteiger partial charge in [0.25, 0.3) is 5.91 Å². The number of carbonyl (C=O) groups is 2. The number of imide groups is 1. The Bertz CT molecular complexity index is 588. The minimum atomic E-state index is -0.453. The molecule has 1 atom stereocenters. The molecule has 1 saturated heterocycles. The van der Waals surface area contributed by atoms with Gasteiger partial charge in [0.2, 0.25) is 5.91 Å². The normalized spacial score (nSPS) is 19.1. The van der Waals surface area contributed by atoms with Gasteiger partial charge in [-0.1, -0.05) is 12.2 Å². The molecule has 1 aromatic rings. The third kappa shape index (κ3) is 2.93. The fraction of sp³-hybridized carbons (Fsp3) is 0.385. The van der Waals surface area contributed by atoms with E-state index in [4.69, 9.17) is 18.0 Å². The van der Waals surface area contributed by atoms with Crippen molar-refractivity contribution in [1.82, 2.24) is 9.88 Å². The van der Waals surface area contributed by atoms with Crippen molar-refractivity contribution in [3.05, 3.63) is 23.4 Å². The van der Waals surface area contributed by atoms with Crippen molar-refractivity contribution in [3.63, 3.8) is 0 Å². The topological polar surface area (TPSA) is 88.3 Å². The molecule has 3 N–H and O–H groups in total. The van der Waals surface area contributed by atoms with Crippen molar-refractivity contribution in [2.75, 3.05) is 12.4 Å². The van der Waals surface area contributed by atoms with Gasteiger partial charge in [0.15, 0.2) is 0 Å². The van der Waals surface area contributed by atoms with Gasteiger partial charge in [0, 0.05) is 24.7 Å². The van der Waals surface area contributed by atoms with Gasteiger partial charge < -0.3 is 11.1 Å². The van der Waals surface area contributed by atoms with Crippen LogP contribution in [0, 0.1) is 6.92 Å². The first kappa shape index (κ1) is 14.4. The number of pyridine rings is 1. The summed E-state index contributed by atoms with van der Waals surface area (Å²) in [5, 5.41) is 3.05. The molecule has 2 rings (SSSR count). The van der Waals surface area contributed by atoms with Crippen molar-refractivity contribution in [2.45, 2.75) is 25.8 Å². The van der Waals surface area contributed by atoms with E-state index in [9.17, 15) is 9.59 Å². The summed E-state index contributed by atoms with van der Waals surface area (Å²) in [4.78, 5) is 29.2. The Hall–Kier alpha value is -2.02. The standard InChI is InChI=1S/C13H16N4O2S/c1-7-5-8(12(14)20)6-10(15-7)16-9-3-4-11(18)17(2)13(9)19/h5-6,9H,3-4H2,1-2H3,(H2,14,20)(H,15,16). The number of likely N-dealkylation sites (tertiary alicyclic amines) is 1. The number of rotatable bonds is 3. The van der Waals surface area contributed by atoms with E-state index in [1.807, 2.05) is 6.92 Å². The number of likely N-dealkylation sites (N-methyl/N-ethyl adjacent to an activating group) is 1. The van der Waals surface area contributed by atoms with E-state index >= 15 is 0 Å². The van der Waals surface area contributed by atoms with Crippen LogP contribution in [0.5, 0.6) is 0 Å². The molecule has 0 aliphatic carbocycles. The van der Waals surface area contributed by atoms with Crippen LogP contribution in [0.4, 0.5) is 5.82 Å². The largest absolute Gasteiger partial charge is 0.389 e. The van der Waals surface area contributed by atoms with Crippen molar-refractivity contribution < 1.29 is 9.59 Å². The highest BCUT2D eigenvalue weighted by atomic mass is 32.1. The Labute approximate surface area is 122 Å². The third-order valence-corrected chi connectivity index (χ3v) is 3.45. The first-order valence-corrected chi connectivity index (χ1v) is 6.64. The van der Waals surface area contributed by atoms with E-state index in [0.29, 0.717) is 24.2 Å². The predicted molar refractivity (Wildman–Crippen MR) is 79.3 cm³/mol. The lowest BCUT2D eigenvalue weighted by molar-refractivity contribution is -0.146. The van der Waals surface area contributed by atoms with Crippen LogP contribution in [-0.4, -0.2) is 39.8 Å². The smallest absolute Gasteiger partial charge is 0.251 e. The van der Waals surface area contributed by atoms with Gasteiger partial charge in [-0.15, -0.1) is 0 Å². The fourth-order valence-electron chi connectivity index (χ4n) is 2.11. The van der Waals surface area contributed by atoms with E-state index < -0.39 is 6.04 Å². The number of carbonyl (C=O) groups excluding carboxylic acids is 2. The summed E-state index contributed by atoms with van der Waals surface area (Å²) in [5.74, 6) is 0.129. The van der Waals surface area contributed by atoms with Gasteiger partial charge in [0.1, 0.15) is 16.8 Å². The minimum Gasteiger partial charge on any atom is -0.389 e. The maximum atomic E-state index is 12.0. The number of nitrogens with zero attached hydrogens (tertiary/aromatic N) is 2. The number of hydrogen-bond acceptors (Lipinski definition) is 5. The zero-order valence-electron chi connectivity index (χ0n) is 11.3. The van der Waals surface area contributed by atoms with Gasteiger partial charge in [-0.25, -0.2) is 4.98 Å². The second-order valence-electron chi connectivity index (χ2n) is 4.77. The van der Waals surface area contributed by atoms with E-state index in [-0.39, 0.29) is 16.8 Å². The molecule has 0 bridgehead atoms. The molecule has 6 nitrogen and oxygen atoms in total. The second-order valence-corrected chi connectivity index (χ2v) is 5.21. The monoisotopic (exact) mass is 292 g/mol. The summed E-state index contributed by atoms with van der Waals surface area (Å²) in [6.07, 6.45) is 0.800. The number of thiocarbonyl (C=S) groups is 1. The number of amides is 2. The molecule has 20 heavy (non-hydrogen) atoms. The first-order valence-electron chi connectivity index (χ1n) is 6.24. The lowest BCUT2D eigenvalue weighted by Gasteiger charge is -2.28. The molecule has 1 aromatic heterocycles. The van der Waals surface area contributed by atoms with Crippen LogP contribution in [0.2, 0.25) is 0 Å². The molecular formula is C13H16N4O2S. The van der Waals surface area contributed by atoms with Gasteiger partial charge in [-0.3, -0.25) is 14.5 Å². The molecule has 0 saturated carbocycles. The summed E-state index contributed by atoms with van der Waals surface area (Å²) in [5.41, 5.74) is 7.06. The molecule has 106 valence electrons. The molecule has 1 aliphatic heterocycles. The number of nitrogens with one attached hydrogen (secondary N) is 1. The van der Waals surface area contributed by atoms with Gasteiger partial charge >= 0.3 is 0 Å². The number of aryl methyl sites for hydroxylation is 1. The molecule has 2 heterocycles. The van der Waals surface area contributed by atoms with Crippen LogP contribution >= 0.6 is 12.2 Å². The molecule has 0 radical (unpaired) electrons. The Morgan fingerprint density at radius 1 is 1.50 bits per heavy atom. The van der Waals surface area contributed by atoms with Crippen molar-refractivity contribution in [2.24, 2.45) is 5.73 Å². The average molecular weight is 292 g/mol. The molecule has 1 unspecified atom stereocenters. The van der Waals surface area contributed by atoms with E-state index in [0.717, 1.165) is 10.6 Å². The number of hydrogen-bond donors (Lipinski definition) is 2. The van der Waals surface area contributed by atoms with Crippen molar-refractivity contribution in [3.8, 4) is 0 Å². The highest BCUT2D eigenvalue weighted by Crippen LogP contribution is 2.17. The Morgan fingerprint density at radius 3 is 2.85 bits per heavy atom.